The molecule has 0 aliphatic carbocycles. The summed E-state index contributed by atoms with van der Waals surface area (Å²) in [4.78, 5) is 19.2. The molecule has 0 aliphatic rings. The van der Waals surface area contributed by atoms with Gasteiger partial charge in [0, 0.05) is 29.4 Å². The predicted molar refractivity (Wildman–Crippen MR) is 90.3 cm³/mol. The molecule has 5 heteroatoms. The van der Waals surface area contributed by atoms with Crippen molar-refractivity contribution >= 4 is 16.6 Å². The van der Waals surface area contributed by atoms with E-state index in [4.69, 9.17) is 0 Å². The van der Waals surface area contributed by atoms with Gasteiger partial charge in [-0.2, -0.15) is 5.26 Å². The van der Waals surface area contributed by atoms with Gasteiger partial charge in [0.2, 0.25) is 0 Å². The molecule has 0 unspecified atom stereocenters. The van der Waals surface area contributed by atoms with Gasteiger partial charge in [-0.05, 0) is 31.5 Å². The number of fused-ring (bicyclic) bond motifs is 1. The molecule has 23 heavy (non-hydrogen) atoms. The van der Waals surface area contributed by atoms with E-state index in [1.807, 2.05) is 44.2 Å². The Morgan fingerprint density at radius 1 is 1.30 bits per heavy atom. The molecule has 0 bridgehead atoms. The molecule has 0 fully saturated rings. The fourth-order valence-corrected chi connectivity index (χ4v) is 2.69. The molecule has 0 atom stereocenters. The van der Waals surface area contributed by atoms with Crippen LogP contribution in [0.3, 0.4) is 0 Å². The molecule has 0 saturated carbocycles. The molecule has 1 aromatic carbocycles. The minimum Gasteiger partial charge on any atom is -0.379 e. The van der Waals surface area contributed by atoms with Gasteiger partial charge >= 0.3 is 0 Å². The highest BCUT2D eigenvalue weighted by molar-refractivity contribution is 5.93. The molecule has 114 valence electrons. The minimum absolute atomic E-state index is 0.105. The maximum atomic E-state index is 12.1. The van der Waals surface area contributed by atoms with Crippen LogP contribution in [0.2, 0.25) is 0 Å². The minimum atomic E-state index is -0.105. The largest absolute Gasteiger partial charge is 0.379 e. The molecule has 2 aromatic heterocycles. The van der Waals surface area contributed by atoms with Gasteiger partial charge in [-0.3, -0.25) is 9.78 Å². The molecule has 0 saturated heterocycles. The average Bonchev–Trinajstić information content (AvgIpc) is 2.53. The Labute approximate surface area is 133 Å². The van der Waals surface area contributed by atoms with Gasteiger partial charge in [-0.25, -0.2) is 0 Å². The Balaban J connectivity index is 2.03. The van der Waals surface area contributed by atoms with Crippen LogP contribution in [0, 0.1) is 25.2 Å². The first-order valence-electron chi connectivity index (χ1n) is 7.31. The number of hydrogen-bond acceptors (Lipinski definition) is 4. The third-order valence-electron chi connectivity index (χ3n) is 3.83. The monoisotopic (exact) mass is 304 g/mol. The van der Waals surface area contributed by atoms with Crippen molar-refractivity contribution < 1.29 is 0 Å². The van der Waals surface area contributed by atoms with E-state index < -0.39 is 0 Å². The Bertz CT molecular complexity index is 982. The van der Waals surface area contributed by atoms with Gasteiger partial charge < -0.3 is 10.3 Å². The molecule has 5 nitrogen and oxygen atoms in total. The van der Waals surface area contributed by atoms with Crippen molar-refractivity contribution in [2.24, 2.45) is 0 Å². The lowest BCUT2D eigenvalue weighted by atomic mass is 10.1. The van der Waals surface area contributed by atoms with Crippen LogP contribution in [0.5, 0.6) is 0 Å². The Morgan fingerprint density at radius 2 is 2.09 bits per heavy atom. The van der Waals surface area contributed by atoms with Gasteiger partial charge in [-0.15, -0.1) is 0 Å². The van der Waals surface area contributed by atoms with Crippen LogP contribution in [0.1, 0.15) is 22.4 Å². The molecular formula is C18H16N4O. The molecule has 0 spiro atoms. The first-order valence-corrected chi connectivity index (χ1v) is 7.31. The number of nitrogens with zero attached hydrogens (tertiary/aromatic N) is 2. The number of pyridine rings is 2. The maximum Gasteiger partial charge on any atom is 0.253 e. The van der Waals surface area contributed by atoms with Gasteiger partial charge in [-0.1, -0.05) is 18.2 Å². The molecule has 2 heterocycles. The summed E-state index contributed by atoms with van der Waals surface area (Å²) in [5.41, 5.74) is 4.30. The summed E-state index contributed by atoms with van der Waals surface area (Å²) >= 11 is 0. The van der Waals surface area contributed by atoms with Gasteiger partial charge in [0.25, 0.3) is 5.56 Å². The number of anilines is 1. The Kier molecular flexibility index (Phi) is 3.82. The highest BCUT2D eigenvalue weighted by atomic mass is 16.1. The smallest absolute Gasteiger partial charge is 0.253 e. The second kappa shape index (κ2) is 5.93. The third kappa shape index (κ3) is 2.79. The fourth-order valence-electron chi connectivity index (χ4n) is 2.69. The second-order valence-electron chi connectivity index (χ2n) is 5.47. The summed E-state index contributed by atoms with van der Waals surface area (Å²) in [6.07, 6.45) is 1.55. The Hall–Kier alpha value is -3.13. The summed E-state index contributed by atoms with van der Waals surface area (Å²) in [7, 11) is 0. The molecule has 0 amide bonds. The number of hydrogen-bond donors (Lipinski definition) is 2. The summed E-state index contributed by atoms with van der Waals surface area (Å²) in [5.74, 6) is 0. The van der Waals surface area contributed by atoms with Crippen molar-refractivity contribution in [2.75, 3.05) is 5.32 Å². The van der Waals surface area contributed by atoms with Crippen molar-refractivity contribution in [1.82, 2.24) is 9.97 Å². The molecule has 2 N–H and O–H groups in total. The standard InChI is InChI=1S/C18H16N4O/c1-11-7-12(2)22-18(23)15(11)10-21-17-13(8-19)9-20-16-6-4-3-5-14(16)17/h3-7,9H,10H2,1-2H3,(H,20,21)(H,22,23). The summed E-state index contributed by atoms with van der Waals surface area (Å²) in [6, 6.07) is 11.7. The van der Waals surface area contributed by atoms with E-state index in [0.29, 0.717) is 23.4 Å². The van der Waals surface area contributed by atoms with Crippen LogP contribution in [-0.4, -0.2) is 9.97 Å². The maximum absolute atomic E-state index is 12.1. The van der Waals surface area contributed by atoms with Crippen LogP contribution in [-0.2, 0) is 6.54 Å². The summed E-state index contributed by atoms with van der Waals surface area (Å²) in [5, 5.41) is 13.4. The van der Waals surface area contributed by atoms with Gasteiger partial charge in [0.15, 0.2) is 0 Å². The van der Waals surface area contributed by atoms with E-state index >= 15 is 0 Å². The SMILES string of the molecule is Cc1cc(C)c(CNc2c(C#N)cnc3ccccc23)c(=O)[nH]1. The molecule has 0 radical (unpaired) electrons. The quantitative estimate of drug-likeness (QED) is 0.779. The Morgan fingerprint density at radius 3 is 2.83 bits per heavy atom. The fraction of sp³-hybridized carbons (Fsp3) is 0.167. The number of H-pyrrole nitrogens is 1. The number of rotatable bonds is 3. The van der Waals surface area contributed by atoms with Crippen LogP contribution >= 0.6 is 0 Å². The number of benzene rings is 1. The number of nitriles is 1. The number of aromatic amines is 1. The zero-order valence-electron chi connectivity index (χ0n) is 13.0. The molecular weight excluding hydrogens is 288 g/mol. The van der Waals surface area contributed by atoms with Gasteiger partial charge in [0.1, 0.15) is 6.07 Å². The number of aryl methyl sites for hydroxylation is 2. The first-order chi connectivity index (χ1) is 11.1. The highest BCUT2D eigenvalue weighted by Crippen LogP contribution is 2.25. The average molecular weight is 304 g/mol. The lowest BCUT2D eigenvalue weighted by Gasteiger charge is -2.12. The summed E-state index contributed by atoms with van der Waals surface area (Å²) in [6.45, 7) is 4.12. The van der Waals surface area contributed by atoms with Crippen molar-refractivity contribution in [1.29, 1.82) is 5.26 Å². The first kappa shape index (κ1) is 14.8. The predicted octanol–water partition coefficient (Wildman–Crippen LogP) is 3.02. The van der Waals surface area contributed by atoms with E-state index in [0.717, 1.165) is 22.2 Å². The molecule has 3 aromatic rings. The molecule has 3 rings (SSSR count). The number of para-hydroxylation sites is 1. The van der Waals surface area contributed by atoms with E-state index in [9.17, 15) is 10.1 Å². The van der Waals surface area contributed by atoms with E-state index in [1.165, 1.54) is 0 Å². The van der Waals surface area contributed by atoms with Crippen molar-refractivity contribution in [2.45, 2.75) is 20.4 Å². The van der Waals surface area contributed by atoms with E-state index in [2.05, 4.69) is 21.4 Å². The second-order valence-corrected chi connectivity index (χ2v) is 5.47. The van der Waals surface area contributed by atoms with Crippen LogP contribution in [0.25, 0.3) is 10.9 Å². The zero-order valence-corrected chi connectivity index (χ0v) is 13.0. The topological polar surface area (TPSA) is 81.6 Å². The van der Waals surface area contributed by atoms with Crippen LogP contribution in [0.4, 0.5) is 5.69 Å². The number of aromatic nitrogens is 2. The van der Waals surface area contributed by atoms with Crippen molar-refractivity contribution in [3.8, 4) is 6.07 Å². The third-order valence-corrected chi connectivity index (χ3v) is 3.83. The molecule has 0 aliphatic heterocycles. The van der Waals surface area contributed by atoms with Crippen LogP contribution < -0.4 is 10.9 Å². The number of nitrogens with one attached hydrogen (secondary N) is 2. The van der Waals surface area contributed by atoms with Crippen molar-refractivity contribution in [3.63, 3.8) is 0 Å². The summed E-state index contributed by atoms with van der Waals surface area (Å²) < 4.78 is 0. The van der Waals surface area contributed by atoms with Crippen LogP contribution in [0.15, 0.2) is 41.3 Å². The van der Waals surface area contributed by atoms with E-state index in [-0.39, 0.29) is 5.56 Å². The van der Waals surface area contributed by atoms with Crippen molar-refractivity contribution in [3.05, 3.63) is 69.3 Å². The lowest BCUT2D eigenvalue weighted by molar-refractivity contribution is 1.01. The zero-order chi connectivity index (χ0) is 16.4. The lowest BCUT2D eigenvalue weighted by Crippen LogP contribution is -2.18. The highest BCUT2D eigenvalue weighted by Gasteiger charge is 2.10. The van der Waals surface area contributed by atoms with E-state index in [1.54, 1.807) is 6.20 Å². The normalized spacial score (nSPS) is 10.5. The van der Waals surface area contributed by atoms with Gasteiger partial charge in [0.05, 0.1) is 16.8 Å².